The van der Waals surface area contributed by atoms with Gasteiger partial charge in [-0.25, -0.2) is 9.48 Å². The lowest BCUT2D eigenvalue weighted by atomic mass is 10.3. The van der Waals surface area contributed by atoms with E-state index in [2.05, 4.69) is 5.10 Å². The van der Waals surface area contributed by atoms with Gasteiger partial charge in [-0.2, -0.15) is 0 Å². The molecule has 5 nitrogen and oxygen atoms in total. The summed E-state index contributed by atoms with van der Waals surface area (Å²) in [5.41, 5.74) is 0.786. The van der Waals surface area contributed by atoms with E-state index in [1.165, 1.54) is 10.7 Å². The zero-order valence-corrected chi connectivity index (χ0v) is 10.0. The number of carboxylic acids is 1. The van der Waals surface area contributed by atoms with Crippen molar-refractivity contribution in [2.45, 2.75) is 13.3 Å². The Hall–Kier alpha value is -2.30. The van der Waals surface area contributed by atoms with Gasteiger partial charge in [-0.3, -0.25) is 0 Å². The molecule has 0 aliphatic heterocycles. The number of ether oxygens (including phenoxy) is 1. The van der Waals surface area contributed by atoms with Crippen LogP contribution in [0.5, 0.6) is 5.88 Å². The largest absolute Gasteiger partial charge is 0.477 e. The van der Waals surface area contributed by atoms with E-state index < -0.39 is 5.97 Å². The van der Waals surface area contributed by atoms with Crippen molar-refractivity contribution < 1.29 is 14.6 Å². The Morgan fingerprint density at radius 3 is 2.72 bits per heavy atom. The Bertz CT molecular complexity index is 534. The van der Waals surface area contributed by atoms with Crippen molar-refractivity contribution in [1.82, 2.24) is 9.78 Å². The van der Waals surface area contributed by atoms with Crippen LogP contribution < -0.4 is 4.74 Å². The van der Waals surface area contributed by atoms with Crippen molar-refractivity contribution in [3.63, 3.8) is 0 Å². The number of carbonyl (C=O) groups is 1. The fourth-order valence-corrected chi connectivity index (χ4v) is 1.55. The smallest absolute Gasteiger partial charge is 0.354 e. The number of carboxylic acid groups (broad SMARTS) is 1. The fraction of sp³-hybridized carbons (Fsp3) is 0.231. The molecule has 2 aromatic rings. The molecule has 0 unspecified atom stereocenters. The predicted molar refractivity (Wildman–Crippen MR) is 66.3 cm³/mol. The standard InChI is InChI=1S/C13H14N2O3/c1-2-8-18-12-9-11(13(16)17)15(14-12)10-6-4-3-5-7-10/h3-7,9H,2,8H2,1H3,(H,16,17). The summed E-state index contributed by atoms with van der Waals surface area (Å²) >= 11 is 0. The van der Waals surface area contributed by atoms with Crippen LogP contribution >= 0.6 is 0 Å². The maximum Gasteiger partial charge on any atom is 0.354 e. The van der Waals surface area contributed by atoms with Crippen LogP contribution in [-0.4, -0.2) is 27.5 Å². The maximum absolute atomic E-state index is 11.2. The molecule has 5 heteroatoms. The number of aromatic nitrogens is 2. The summed E-state index contributed by atoms with van der Waals surface area (Å²) in [4.78, 5) is 11.2. The SMILES string of the molecule is CCCOc1cc(C(=O)O)n(-c2ccccc2)n1. The molecular formula is C13H14N2O3. The molecule has 0 bridgehead atoms. The van der Waals surface area contributed by atoms with E-state index in [-0.39, 0.29) is 5.69 Å². The van der Waals surface area contributed by atoms with Crippen LogP contribution in [0.25, 0.3) is 5.69 Å². The van der Waals surface area contributed by atoms with Crippen LogP contribution in [0, 0.1) is 0 Å². The normalized spacial score (nSPS) is 10.3. The van der Waals surface area contributed by atoms with Gasteiger partial charge in [-0.1, -0.05) is 25.1 Å². The van der Waals surface area contributed by atoms with E-state index >= 15 is 0 Å². The average molecular weight is 246 g/mol. The molecule has 0 radical (unpaired) electrons. The highest BCUT2D eigenvalue weighted by Crippen LogP contribution is 2.17. The van der Waals surface area contributed by atoms with Gasteiger partial charge in [0.25, 0.3) is 0 Å². The highest BCUT2D eigenvalue weighted by atomic mass is 16.5. The van der Waals surface area contributed by atoms with Gasteiger partial charge in [-0.05, 0) is 18.6 Å². The second kappa shape index (κ2) is 5.35. The van der Waals surface area contributed by atoms with E-state index in [0.29, 0.717) is 18.2 Å². The third-order valence-electron chi connectivity index (χ3n) is 2.36. The summed E-state index contributed by atoms with van der Waals surface area (Å²) in [6.45, 7) is 2.50. The molecule has 0 saturated carbocycles. The van der Waals surface area contributed by atoms with E-state index in [4.69, 9.17) is 9.84 Å². The van der Waals surface area contributed by atoms with Crippen LogP contribution in [0.3, 0.4) is 0 Å². The summed E-state index contributed by atoms with van der Waals surface area (Å²) < 4.78 is 6.72. The molecule has 18 heavy (non-hydrogen) atoms. The molecule has 1 aromatic heterocycles. The van der Waals surface area contributed by atoms with Crippen LogP contribution in [0.4, 0.5) is 0 Å². The van der Waals surface area contributed by atoms with Gasteiger partial charge in [0.15, 0.2) is 5.69 Å². The first kappa shape index (κ1) is 12.2. The minimum atomic E-state index is -1.03. The molecule has 0 aliphatic carbocycles. The first-order valence-corrected chi connectivity index (χ1v) is 5.74. The molecule has 1 aromatic carbocycles. The Kier molecular flexibility index (Phi) is 3.62. The van der Waals surface area contributed by atoms with E-state index in [1.54, 1.807) is 12.1 Å². The number of rotatable bonds is 5. The summed E-state index contributed by atoms with van der Waals surface area (Å²) in [6, 6.07) is 10.5. The molecular weight excluding hydrogens is 232 g/mol. The molecule has 1 N–H and O–H groups in total. The second-order valence-corrected chi connectivity index (χ2v) is 3.77. The number of nitrogens with zero attached hydrogens (tertiary/aromatic N) is 2. The molecule has 0 aliphatic rings. The summed E-state index contributed by atoms with van der Waals surface area (Å²) in [6.07, 6.45) is 0.848. The van der Waals surface area contributed by atoms with E-state index in [1.807, 2.05) is 25.1 Å². The summed E-state index contributed by atoms with van der Waals surface area (Å²) in [7, 11) is 0. The van der Waals surface area contributed by atoms with Gasteiger partial charge in [0.2, 0.25) is 5.88 Å². The van der Waals surface area contributed by atoms with E-state index in [9.17, 15) is 4.79 Å². The topological polar surface area (TPSA) is 64.3 Å². The lowest BCUT2D eigenvalue weighted by Crippen LogP contribution is -2.07. The minimum absolute atomic E-state index is 0.0901. The molecule has 0 saturated heterocycles. The third kappa shape index (κ3) is 2.51. The number of hydrogen-bond donors (Lipinski definition) is 1. The van der Waals surface area contributed by atoms with Crippen LogP contribution in [0.15, 0.2) is 36.4 Å². The zero-order chi connectivity index (χ0) is 13.0. The second-order valence-electron chi connectivity index (χ2n) is 3.77. The first-order valence-electron chi connectivity index (χ1n) is 5.74. The third-order valence-corrected chi connectivity index (χ3v) is 2.36. The Labute approximate surface area is 105 Å². The number of hydrogen-bond acceptors (Lipinski definition) is 3. The molecule has 94 valence electrons. The van der Waals surface area contributed by atoms with Crippen LogP contribution in [0.1, 0.15) is 23.8 Å². The lowest BCUT2D eigenvalue weighted by molar-refractivity contribution is 0.0687. The molecule has 1 heterocycles. The van der Waals surface area contributed by atoms with Gasteiger partial charge >= 0.3 is 5.97 Å². The van der Waals surface area contributed by atoms with Crippen molar-refractivity contribution in [1.29, 1.82) is 0 Å². The highest BCUT2D eigenvalue weighted by Gasteiger charge is 2.16. The Balaban J connectivity index is 2.39. The molecule has 2 rings (SSSR count). The van der Waals surface area contributed by atoms with Gasteiger partial charge in [0, 0.05) is 6.07 Å². The Morgan fingerprint density at radius 2 is 2.11 bits per heavy atom. The van der Waals surface area contributed by atoms with Crippen molar-refractivity contribution in [3.8, 4) is 11.6 Å². The fourth-order valence-electron chi connectivity index (χ4n) is 1.55. The maximum atomic E-state index is 11.2. The number of para-hydroxylation sites is 1. The summed E-state index contributed by atoms with van der Waals surface area (Å²) in [5, 5.41) is 13.3. The van der Waals surface area contributed by atoms with Crippen LogP contribution in [-0.2, 0) is 0 Å². The predicted octanol–water partition coefficient (Wildman–Crippen LogP) is 2.36. The average Bonchev–Trinajstić information content (AvgIpc) is 2.82. The number of benzene rings is 1. The molecule has 0 atom stereocenters. The van der Waals surface area contributed by atoms with Gasteiger partial charge in [-0.15, -0.1) is 5.10 Å². The van der Waals surface area contributed by atoms with Crippen molar-refractivity contribution >= 4 is 5.97 Å². The first-order chi connectivity index (χ1) is 8.72. The molecule has 0 amide bonds. The van der Waals surface area contributed by atoms with E-state index in [0.717, 1.165) is 6.42 Å². The number of aromatic carboxylic acids is 1. The van der Waals surface area contributed by atoms with Crippen molar-refractivity contribution in [2.75, 3.05) is 6.61 Å². The molecule has 0 spiro atoms. The zero-order valence-electron chi connectivity index (χ0n) is 10.0. The monoisotopic (exact) mass is 246 g/mol. The highest BCUT2D eigenvalue weighted by molar-refractivity contribution is 5.86. The van der Waals surface area contributed by atoms with Gasteiger partial charge in [0.1, 0.15) is 0 Å². The molecule has 0 fully saturated rings. The lowest BCUT2D eigenvalue weighted by Gasteiger charge is -2.03. The Morgan fingerprint density at radius 1 is 1.39 bits per heavy atom. The van der Waals surface area contributed by atoms with Gasteiger partial charge < -0.3 is 9.84 Å². The summed E-state index contributed by atoms with van der Waals surface area (Å²) in [5.74, 6) is -0.698. The van der Waals surface area contributed by atoms with Gasteiger partial charge in [0.05, 0.1) is 12.3 Å². The quantitative estimate of drug-likeness (QED) is 0.879. The minimum Gasteiger partial charge on any atom is -0.477 e. The van der Waals surface area contributed by atoms with Crippen LogP contribution in [0.2, 0.25) is 0 Å². The van der Waals surface area contributed by atoms with Crippen molar-refractivity contribution in [2.24, 2.45) is 0 Å². The van der Waals surface area contributed by atoms with Crippen molar-refractivity contribution in [3.05, 3.63) is 42.1 Å².